The smallest absolute Gasteiger partial charge is 0.345 e. The molecule has 1 aromatic rings. The lowest BCUT2D eigenvalue weighted by Crippen LogP contribution is -2.48. The lowest BCUT2D eigenvalue weighted by molar-refractivity contribution is -0.165. The molecule has 2 rings (SSSR count). The predicted octanol–water partition coefficient (Wildman–Crippen LogP) is 2.28. The number of aromatic nitrogens is 2. The molecule has 0 aromatic carbocycles. The summed E-state index contributed by atoms with van der Waals surface area (Å²) in [5, 5.41) is 18.6. The van der Waals surface area contributed by atoms with Gasteiger partial charge in [0.1, 0.15) is 0 Å². The third-order valence-electron chi connectivity index (χ3n) is 4.38. The highest BCUT2D eigenvalue weighted by atomic mass is 16.5. The minimum Gasteiger partial charge on any atom is -0.479 e. The Balaban J connectivity index is 2.05. The largest absolute Gasteiger partial charge is 0.479 e. The lowest BCUT2D eigenvalue weighted by atomic mass is 9.97. The number of ether oxygens (including phenoxy) is 1. The van der Waals surface area contributed by atoms with Gasteiger partial charge in [0.25, 0.3) is 5.91 Å². The van der Waals surface area contributed by atoms with Crippen molar-refractivity contribution < 1.29 is 19.4 Å². The number of aromatic amines is 1. The molecule has 3 N–H and O–H groups in total. The first-order chi connectivity index (χ1) is 10.5. The zero-order valence-electron chi connectivity index (χ0n) is 13.0. The molecule has 7 nitrogen and oxygen atoms in total. The molecule has 1 fully saturated rings. The molecule has 0 bridgehead atoms. The molecule has 122 valence electrons. The van der Waals surface area contributed by atoms with Gasteiger partial charge in [-0.3, -0.25) is 9.89 Å². The molecule has 1 aromatic heterocycles. The van der Waals surface area contributed by atoms with E-state index in [1.54, 1.807) is 6.07 Å². The van der Waals surface area contributed by atoms with E-state index in [1.807, 2.05) is 0 Å². The molecule has 0 spiro atoms. The first-order valence-electron chi connectivity index (χ1n) is 7.62. The number of carboxylic acids is 1. The van der Waals surface area contributed by atoms with E-state index in [-0.39, 0.29) is 0 Å². The molecule has 0 radical (unpaired) electrons. The fraction of sp³-hybridized carbons (Fsp3) is 0.667. The van der Waals surface area contributed by atoms with Gasteiger partial charge in [0, 0.05) is 24.8 Å². The molecule has 22 heavy (non-hydrogen) atoms. The van der Waals surface area contributed by atoms with E-state index < -0.39 is 17.5 Å². The minimum absolute atomic E-state index is 0.328. The fourth-order valence-electron chi connectivity index (χ4n) is 2.71. The molecule has 1 aliphatic carbocycles. The number of methoxy groups -OCH3 is 1. The maximum atomic E-state index is 12.1. The number of hydrogen-bond acceptors (Lipinski definition) is 4. The molecule has 0 aliphatic heterocycles. The SMILES string of the molecule is COC(C)(C(=O)O)C(=O)Nc1cc(C2CCCCCC2)[nH]n1. The second-order valence-electron chi connectivity index (χ2n) is 5.89. The van der Waals surface area contributed by atoms with Crippen LogP contribution in [0.15, 0.2) is 6.07 Å². The van der Waals surface area contributed by atoms with Gasteiger partial charge in [-0.05, 0) is 19.8 Å². The van der Waals surface area contributed by atoms with Gasteiger partial charge in [0.05, 0.1) is 0 Å². The van der Waals surface area contributed by atoms with E-state index in [4.69, 9.17) is 9.84 Å². The monoisotopic (exact) mass is 309 g/mol. The van der Waals surface area contributed by atoms with Crippen LogP contribution in [-0.4, -0.2) is 39.9 Å². The summed E-state index contributed by atoms with van der Waals surface area (Å²) in [5.41, 5.74) is -0.937. The Morgan fingerprint density at radius 1 is 1.36 bits per heavy atom. The highest BCUT2D eigenvalue weighted by Crippen LogP contribution is 2.31. The number of carbonyl (C=O) groups excluding carboxylic acids is 1. The Kier molecular flexibility index (Phi) is 5.18. The van der Waals surface area contributed by atoms with Crippen molar-refractivity contribution in [2.24, 2.45) is 0 Å². The van der Waals surface area contributed by atoms with E-state index in [1.165, 1.54) is 39.7 Å². The van der Waals surface area contributed by atoms with Crippen molar-refractivity contribution in [1.82, 2.24) is 10.2 Å². The number of aliphatic carboxylic acids is 1. The number of anilines is 1. The van der Waals surface area contributed by atoms with Crippen LogP contribution in [0.5, 0.6) is 0 Å². The Labute approximate surface area is 129 Å². The highest BCUT2D eigenvalue weighted by molar-refractivity contribution is 6.10. The van der Waals surface area contributed by atoms with Gasteiger partial charge in [-0.15, -0.1) is 0 Å². The van der Waals surface area contributed by atoms with Crippen LogP contribution < -0.4 is 5.32 Å². The third kappa shape index (κ3) is 3.47. The van der Waals surface area contributed by atoms with Gasteiger partial charge < -0.3 is 15.2 Å². The number of H-pyrrole nitrogens is 1. The van der Waals surface area contributed by atoms with Crippen LogP contribution in [-0.2, 0) is 14.3 Å². The molecule has 1 amide bonds. The second kappa shape index (κ2) is 6.91. The maximum Gasteiger partial charge on any atom is 0.345 e. The standard InChI is InChI=1S/C15H23N3O4/c1-15(22-2,14(20)21)13(19)16-12-9-11(17-18-12)10-7-5-3-4-6-8-10/h9-10H,3-8H2,1-2H3,(H,20,21)(H2,16,17,18,19). The molecule has 1 unspecified atom stereocenters. The van der Waals surface area contributed by atoms with Gasteiger partial charge in [-0.1, -0.05) is 25.7 Å². The van der Waals surface area contributed by atoms with Crippen LogP contribution in [0.2, 0.25) is 0 Å². The molecular weight excluding hydrogens is 286 g/mol. The van der Waals surface area contributed by atoms with E-state index in [2.05, 4.69) is 15.5 Å². The molecule has 0 saturated heterocycles. The van der Waals surface area contributed by atoms with Crippen molar-refractivity contribution in [3.8, 4) is 0 Å². The number of carbonyl (C=O) groups is 2. The van der Waals surface area contributed by atoms with Gasteiger partial charge in [-0.25, -0.2) is 4.79 Å². The van der Waals surface area contributed by atoms with Crippen LogP contribution >= 0.6 is 0 Å². The Bertz CT molecular complexity index is 535. The maximum absolute atomic E-state index is 12.1. The molecule has 7 heteroatoms. The number of nitrogens with zero attached hydrogens (tertiary/aromatic N) is 1. The minimum atomic E-state index is -1.93. The van der Waals surface area contributed by atoms with Crippen LogP contribution in [0.25, 0.3) is 0 Å². The molecule has 1 atom stereocenters. The quantitative estimate of drug-likeness (QED) is 0.571. The Morgan fingerprint density at radius 2 is 2.00 bits per heavy atom. The van der Waals surface area contributed by atoms with Crippen molar-refractivity contribution in [1.29, 1.82) is 0 Å². The van der Waals surface area contributed by atoms with Crippen molar-refractivity contribution in [2.45, 2.75) is 57.0 Å². The van der Waals surface area contributed by atoms with E-state index in [0.717, 1.165) is 18.5 Å². The van der Waals surface area contributed by atoms with Crippen LogP contribution in [0.1, 0.15) is 57.1 Å². The lowest BCUT2D eigenvalue weighted by Gasteiger charge is -2.20. The summed E-state index contributed by atoms with van der Waals surface area (Å²) in [6, 6.07) is 1.78. The first kappa shape index (κ1) is 16.5. The Morgan fingerprint density at radius 3 is 2.55 bits per heavy atom. The zero-order valence-corrected chi connectivity index (χ0v) is 13.0. The number of hydrogen-bond donors (Lipinski definition) is 3. The topological polar surface area (TPSA) is 104 Å². The summed E-state index contributed by atoms with van der Waals surface area (Å²) >= 11 is 0. The summed E-state index contributed by atoms with van der Waals surface area (Å²) in [7, 11) is 1.19. The van der Waals surface area contributed by atoms with Crippen LogP contribution in [0, 0.1) is 0 Å². The molecule has 1 aliphatic rings. The van der Waals surface area contributed by atoms with Gasteiger partial charge >= 0.3 is 5.97 Å². The molecule has 1 heterocycles. The summed E-state index contributed by atoms with van der Waals surface area (Å²) < 4.78 is 4.82. The van der Waals surface area contributed by atoms with Crippen molar-refractivity contribution in [3.63, 3.8) is 0 Å². The average Bonchev–Trinajstić information content (AvgIpc) is 2.79. The predicted molar refractivity (Wildman–Crippen MR) is 80.7 cm³/mol. The summed E-state index contributed by atoms with van der Waals surface area (Å²) in [5.74, 6) is -1.34. The summed E-state index contributed by atoms with van der Waals surface area (Å²) in [4.78, 5) is 23.2. The van der Waals surface area contributed by atoms with Gasteiger partial charge in [0.15, 0.2) is 5.82 Å². The first-order valence-corrected chi connectivity index (χ1v) is 7.62. The molecule has 1 saturated carbocycles. The number of nitrogens with one attached hydrogen (secondary N) is 2. The number of amides is 1. The Hall–Kier alpha value is -1.89. The van der Waals surface area contributed by atoms with Gasteiger partial charge in [0.2, 0.25) is 5.60 Å². The van der Waals surface area contributed by atoms with Crippen LogP contribution in [0.3, 0.4) is 0 Å². The molecular formula is C15H23N3O4. The van der Waals surface area contributed by atoms with Crippen molar-refractivity contribution >= 4 is 17.7 Å². The number of carboxylic acid groups (broad SMARTS) is 1. The number of rotatable bonds is 5. The summed E-state index contributed by atoms with van der Waals surface area (Å²) in [6.07, 6.45) is 7.15. The normalized spacial score (nSPS) is 19.2. The third-order valence-corrected chi connectivity index (χ3v) is 4.38. The van der Waals surface area contributed by atoms with E-state index in [9.17, 15) is 9.59 Å². The average molecular weight is 309 g/mol. The summed E-state index contributed by atoms with van der Waals surface area (Å²) in [6.45, 7) is 1.21. The second-order valence-corrected chi connectivity index (χ2v) is 5.89. The highest BCUT2D eigenvalue weighted by Gasteiger charge is 2.42. The van der Waals surface area contributed by atoms with Crippen LogP contribution in [0.4, 0.5) is 5.82 Å². The van der Waals surface area contributed by atoms with Crippen molar-refractivity contribution in [3.05, 3.63) is 11.8 Å². The van der Waals surface area contributed by atoms with E-state index >= 15 is 0 Å². The van der Waals surface area contributed by atoms with Crippen molar-refractivity contribution in [2.75, 3.05) is 12.4 Å². The van der Waals surface area contributed by atoms with Gasteiger partial charge in [-0.2, -0.15) is 5.10 Å². The zero-order chi connectivity index (χ0) is 16.2. The van der Waals surface area contributed by atoms with E-state index in [0.29, 0.717) is 11.7 Å². The fourth-order valence-corrected chi connectivity index (χ4v) is 2.71.